The van der Waals surface area contributed by atoms with E-state index in [0.717, 1.165) is 19.3 Å². The third kappa shape index (κ3) is 2.61. The number of aliphatic hydroxyl groups excluding tert-OH is 1. The maximum absolute atomic E-state index is 9.40. The first-order valence-corrected chi connectivity index (χ1v) is 5.98. The lowest BCUT2D eigenvalue weighted by Gasteiger charge is -2.26. The summed E-state index contributed by atoms with van der Waals surface area (Å²) in [6, 6.07) is 8.37. The Labute approximate surface area is 96.4 Å². The van der Waals surface area contributed by atoms with Gasteiger partial charge in [0, 0.05) is 0 Å². The quantitative estimate of drug-likeness (QED) is 0.605. The van der Waals surface area contributed by atoms with Gasteiger partial charge >= 0.3 is 0 Å². The Morgan fingerprint density at radius 1 is 1.50 bits per heavy atom. The molecule has 0 saturated heterocycles. The van der Waals surface area contributed by atoms with Crippen molar-refractivity contribution >= 4 is 0 Å². The number of rotatable bonds is 4. The predicted octanol–water partition coefficient (Wildman–Crippen LogP) is 2.31. The van der Waals surface area contributed by atoms with Crippen LogP contribution in [0.25, 0.3) is 0 Å². The lowest BCUT2D eigenvalue weighted by Crippen LogP contribution is -2.30. The van der Waals surface area contributed by atoms with E-state index < -0.39 is 6.23 Å². The Kier molecular flexibility index (Phi) is 3.93. The van der Waals surface area contributed by atoms with E-state index >= 15 is 0 Å². The second-order valence-electron chi connectivity index (χ2n) is 4.24. The number of fused-ring (bicyclic) bond motifs is 1. The molecular weight excluding hydrogens is 202 g/mol. The van der Waals surface area contributed by atoms with Crippen LogP contribution in [0.2, 0.25) is 0 Å². The molecular formula is C13H19NO2. The second-order valence-corrected chi connectivity index (χ2v) is 4.24. The van der Waals surface area contributed by atoms with Crippen LogP contribution in [-0.2, 0) is 11.3 Å². The predicted molar refractivity (Wildman–Crippen MR) is 62.6 cm³/mol. The highest BCUT2D eigenvalue weighted by molar-refractivity contribution is 5.31. The highest BCUT2D eigenvalue weighted by atomic mass is 16.7. The van der Waals surface area contributed by atoms with Crippen molar-refractivity contribution in [3.05, 3.63) is 35.4 Å². The minimum Gasteiger partial charge on any atom is -0.377 e. The van der Waals surface area contributed by atoms with Gasteiger partial charge in [0.2, 0.25) is 0 Å². The average molecular weight is 221 g/mol. The first-order valence-electron chi connectivity index (χ1n) is 5.98. The molecule has 0 spiro atoms. The number of benzene rings is 1. The molecule has 0 radical (unpaired) electrons. The van der Waals surface area contributed by atoms with Crippen LogP contribution in [-0.4, -0.2) is 11.3 Å². The highest BCUT2D eigenvalue weighted by Crippen LogP contribution is 2.31. The summed E-state index contributed by atoms with van der Waals surface area (Å²) in [5.41, 5.74) is 5.32. The van der Waals surface area contributed by atoms with Gasteiger partial charge in [-0.2, -0.15) is 5.48 Å². The van der Waals surface area contributed by atoms with Gasteiger partial charge in [0.25, 0.3) is 0 Å². The molecule has 2 atom stereocenters. The normalized spacial score (nSPS) is 21.5. The van der Waals surface area contributed by atoms with E-state index in [4.69, 9.17) is 4.84 Å². The molecule has 0 heterocycles. The molecule has 1 aromatic carbocycles. The minimum atomic E-state index is -0.575. The highest BCUT2D eigenvalue weighted by Gasteiger charge is 2.20. The van der Waals surface area contributed by atoms with Gasteiger partial charge in [0.15, 0.2) is 0 Å². The van der Waals surface area contributed by atoms with Crippen LogP contribution in [0.4, 0.5) is 0 Å². The van der Waals surface area contributed by atoms with Crippen LogP contribution in [0.5, 0.6) is 0 Å². The van der Waals surface area contributed by atoms with E-state index in [1.54, 1.807) is 0 Å². The fourth-order valence-corrected chi connectivity index (χ4v) is 2.08. The summed E-state index contributed by atoms with van der Waals surface area (Å²) >= 11 is 0. The largest absolute Gasteiger partial charge is 0.377 e. The number of aliphatic hydroxyl groups is 1. The Morgan fingerprint density at radius 2 is 2.31 bits per heavy atom. The van der Waals surface area contributed by atoms with Gasteiger partial charge in [-0.15, -0.1) is 0 Å². The second kappa shape index (κ2) is 5.43. The molecule has 2 rings (SSSR count). The molecule has 88 valence electrons. The van der Waals surface area contributed by atoms with E-state index in [2.05, 4.69) is 23.7 Å². The zero-order chi connectivity index (χ0) is 11.4. The van der Waals surface area contributed by atoms with Crippen molar-refractivity contribution in [1.29, 1.82) is 0 Å². The van der Waals surface area contributed by atoms with E-state index in [0.29, 0.717) is 6.42 Å². The van der Waals surface area contributed by atoms with Crippen LogP contribution in [0.1, 0.15) is 43.4 Å². The average Bonchev–Trinajstić information content (AvgIpc) is 2.35. The number of nitrogens with one attached hydrogen (secondary N) is 1. The maximum atomic E-state index is 9.40. The van der Waals surface area contributed by atoms with Crippen molar-refractivity contribution in [2.45, 2.75) is 44.9 Å². The van der Waals surface area contributed by atoms with Gasteiger partial charge in [0.05, 0.1) is 0 Å². The molecule has 1 aromatic rings. The van der Waals surface area contributed by atoms with Gasteiger partial charge in [-0.1, -0.05) is 31.2 Å². The summed E-state index contributed by atoms with van der Waals surface area (Å²) in [6.45, 7) is 1.91. The third-order valence-corrected chi connectivity index (χ3v) is 3.05. The summed E-state index contributed by atoms with van der Waals surface area (Å²) in [4.78, 5) is 5.56. The first kappa shape index (κ1) is 11.6. The van der Waals surface area contributed by atoms with Gasteiger partial charge in [0.1, 0.15) is 12.3 Å². The summed E-state index contributed by atoms with van der Waals surface area (Å²) in [7, 11) is 0. The standard InChI is InChI=1S/C13H19NO2/c1-2-13(15)14-16-12-9-5-7-10-6-3-4-8-11(10)12/h3-4,6,8,12-15H,2,5,7,9H2,1H3. The van der Waals surface area contributed by atoms with Gasteiger partial charge in [-0.05, 0) is 36.8 Å². The number of hydroxylamine groups is 1. The topological polar surface area (TPSA) is 41.5 Å². The first-order chi connectivity index (χ1) is 7.81. The Bertz CT molecular complexity index is 340. The number of hydrogen-bond acceptors (Lipinski definition) is 3. The van der Waals surface area contributed by atoms with Gasteiger partial charge < -0.3 is 5.11 Å². The van der Waals surface area contributed by atoms with Crippen LogP contribution in [0.3, 0.4) is 0 Å². The molecule has 2 N–H and O–H groups in total. The molecule has 2 unspecified atom stereocenters. The molecule has 0 amide bonds. The molecule has 3 nitrogen and oxygen atoms in total. The Hall–Kier alpha value is -0.900. The van der Waals surface area contributed by atoms with Crippen molar-refractivity contribution < 1.29 is 9.94 Å². The molecule has 3 heteroatoms. The molecule has 1 aliphatic carbocycles. The smallest absolute Gasteiger partial charge is 0.126 e. The lowest BCUT2D eigenvalue weighted by atomic mass is 9.90. The molecule has 16 heavy (non-hydrogen) atoms. The Morgan fingerprint density at radius 3 is 3.12 bits per heavy atom. The molecule has 0 aliphatic heterocycles. The van der Waals surface area contributed by atoms with Crippen molar-refractivity contribution in [1.82, 2.24) is 5.48 Å². The van der Waals surface area contributed by atoms with E-state index in [9.17, 15) is 5.11 Å². The molecule has 0 aromatic heterocycles. The SMILES string of the molecule is CCC(O)NOC1CCCc2ccccc21. The monoisotopic (exact) mass is 221 g/mol. The van der Waals surface area contributed by atoms with Crippen LogP contribution in [0.15, 0.2) is 24.3 Å². The number of aryl methyl sites for hydroxylation is 1. The zero-order valence-electron chi connectivity index (χ0n) is 9.65. The van der Waals surface area contributed by atoms with Crippen molar-refractivity contribution in [3.63, 3.8) is 0 Å². The van der Waals surface area contributed by atoms with Crippen molar-refractivity contribution in [2.24, 2.45) is 0 Å². The number of hydrogen-bond donors (Lipinski definition) is 2. The summed E-state index contributed by atoms with van der Waals surface area (Å²) < 4.78 is 0. The fraction of sp³-hybridized carbons (Fsp3) is 0.538. The summed E-state index contributed by atoms with van der Waals surface area (Å²) in [6.07, 6.45) is 3.44. The van der Waals surface area contributed by atoms with E-state index in [-0.39, 0.29) is 6.10 Å². The fourth-order valence-electron chi connectivity index (χ4n) is 2.08. The minimum absolute atomic E-state index is 0.0751. The molecule has 0 saturated carbocycles. The van der Waals surface area contributed by atoms with Crippen molar-refractivity contribution in [2.75, 3.05) is 0 Å². The lowest BCUT2D eigenvalue weighted by molar-refractivity contribution is -0.104. The summed E-state index contributed by atoms with van der Waals surface area (Å²) in [5, 5.41) is 9.40. The van der Waals surface area contributed by atoms with E-state index in [1.165, 1.54) is 11.1 Å². The Balaban J connectivity index is 2.01. The van der Waals surface area contributed by atoms with Gasteiger partial charge in [-0.3, -0.25) is 4.84 Å². The van der Waals surface area contributed by atoms with Crippen LogP contribution in [0, 0.1) is 0 Å². The van der Waals surface area contributed by atoms with Crippen molar-refractivity contribution in [3.8, 4) is 0 Å². The van der Waals surface area contributed by atoms with Gasteiger partial charge in [-0.25, -0.2) is 0 Å². The maximum Gasteiger partial charge on any atom is 0.126 e. The summed E-state index contributed by atoms with van der Waals surface area (Å²) in [5.74, 6) is 0. The molecule has 0 fully saturated rings. The molecule has 1 aliphatic rings. The molecule has 0 bridgehead atoms. The van der Waals surface area contributed by atoms with E-state index in [1.807, 2.05) is 13.0 Å². The zero-order valence-corrected chi connectivity index (χ0v) is 9.65. The van der Waals surface area contributed by atoms with Crippen LogP contribution >= 0.6 is 0 Å². The van der Waals surface area contributed by atoms with Crippen LogP contribution < -0.4 is 5.48 Å². The third-order valence-electron chi connectivity index (χ3n) is 3.05.